The number of rotatable bonds is 2. The van der Waals surface area contributed by atoms with Crippen molar-refractivity contribution in [1.82, 2.24) is 0 Å². The average molecular weight is 338 g/mol. The Hall–Kier alpha value is -0.420. The first-order valence-electron chi connectivity index (χ1n) is 9.55. The molecular weight excluding hydrogens is 304 g/mol. The third-order valence-corrected chi connectivity index (χ3v) is 7.00. The summed E-state index contributed by atoms with van der Waals surface area (Å²) >= 11 is 0. The van der Waals surface area contributed by atoms with Gasteiger partial charge in [0.2, 0.25) is 0 Å². The van der Waals surface area contributed by atoms with Gasteiger partial charge in [-0.25, -0.2) is 0 Å². The number of allylic oxidation sites excluding steroid dienone is 1. The summed E-state index contributed by atoms with van der Waals surface area (Å²) in [6, 6.07) is 0. The summed E-state index contributed by atoms with van der Waals surface area (Å²) in [7, 11) is 0. The maximum atomic E-state index is 11.2. The molecule has 0 amide bonds. The Morgan fingerprint density at radius 2 is 1.88 bits per heavy atom. The first-order valence-corrected chi connectivity index (χ1v) is 9.55. The molecule has 4 heteroatoms. The molecule has 1 saturated carbocycles. The van der Waals surface area contributed by atoms with Gasteiger partial charge in [-0.05, 0) is 64.2 Å². The zero-order valence-electron chi connectivity index (χ0n) is 15.6. The van der Waals surface area contributed by atoms with E-state index in [9.17, 15) is 15.3 Å². The van der Waals surface area contributed by atoms with Gasteiger partial charge in [-0.2, -0.15) is 0 Å². The second-order valence-electron chi connectivity index (χ2n) is 9.14. The lowest BCUT2D eigenvalue weighted by Gasteiger charge is -2.38. The van der Waals surface area contributed by atoms with Crippen molar-refractivity contribution in [3.05, 3.63) is 11.6 Å². The molecule has 2 fully saturated rings. The van der Waals surface area contributed by atoms with Crippen LogP contribution in [0, 0.1) is 17.8 Å². The van der Waals surface area contributed by atoms with Crippen LogP contribution in [0.4, 0.5) is 0 Å². The van der Waals surface area contributed by atoms with Crippen molar-refractivity contribution in [2.75, 3.05) is 6.61 Å². The monoisotopic (exact) mass is 338 g/mol. The standard InChI is InChI=1S/C20H34O4/c1-13(2)14-5-9-19(4)17(24-19)7-10-20(23,12-21)15-6-8-18(3,22)16(15)11-14/h11,13,15-17,21-23H,5-10,12H2,1-4H3/b14-11-/t15-,16+,17-,18?,19-,20-/m0/s1. The van der Waals surface area contributed by atoms with Crippen LogP contribution in [0.2, 0.25) is 0 Å². The van der Waals surface area contributed by atoms with Crippen molar-refractivity contribution in [2.24, 2.45) is 17.8 Å². The van der Waals surface area contributed by atoms with Crippen LogP contribution in [-0.4, -0.2) is 44.8 Å². The molecule has 0 aromatic carbocycles. The molecular formula is C20H34O4. The van der Waals surface area contributed by atoms with Crippen molar-refractivity contribution in [2.45, 2.75) is 89.1 Å². The average Bonchev–Trinajstić information content (AvgIpc) is 3.05. The summed E-state index contributed by atoms with van der Waals surface area (Å²) < 4.78 is 5.93. The molecule has 3 rings (SSSR count). The summed E-state index contributed by atoms with van der Waals surface area (Å²) in [5.74, 6) is 0.204. The van der Waals surface area contributed by atoms with Gasteiger partial charge in [-0.3, -0.25) is 0 Å². The Balaban J connectivity index is 1.99. The lowest BCUT2D eigenvalue weighted by Crippen LogP contribution is -2.46. The quantitative estimate of drug-likeness (QED) is 0.535. The molecule has 0 bridgehead atoms. The fraction of sp³-hybridized carbons (Fsp3) is 0.900. The van der Waals surface area contributed by atoms with E-state index in [0.29, 0.717) is 18.8 Å². The predicted octanol–water partition coefficient (Wildman–Crippen LogP) is 2.80. The minimum atomic E-state index is -1.14. The molecule has 3 aliphatic rings. The normalized spacial score (nSPS) is 51.3. The maximum Gasteiger partial charge on any atom is 0.0923 e. The fourth-order valence-corrected chi connectivity index (χ4v) is 4.95. The molecule has 6 atom stereocenters. The van der Waals surface area contributed by atoms with Crippen LogP contribution in [0.15, 0.2) is 11.6 Å². The lowest BCUT2D eigenvalue weighted by atomic mass is 9.73. The zero-order chi connectivity index (χ0) is 17.8. The van der Waals surface area contributed by atoms with Crippen LogP contribution < -0.4 is 0 Å². The number of hydrogen-bond donors (Lipinski definition) is 3. The van der Waals surface area contributed by atoms with Crippen molar-refractivity contribution in [3.63, 3.8) is 0 Å². The largest absolute Gasteiger partial charge is 0.393 e. The van der Waals surface area contributed by atoms with Crippen LogP contribution >= 0.6 is 0 Å². The number of epoxide rings is 1. The molecule has 0 aromatic rings. The number of ether oxygens (including phenoxy) is 1. The molecule has 138 valence electrons. The van der Waals surface area contributed by atoms with E-state index < -0.39 is 11.2 Å². The van der Waals surface area contributed by atoms with Crippen LogP contribution in [0.5, 0.6) is 0 Å². The van der Waals surface area contributed by atoms with Crippen molar-refractivity contribution in [3.8, 4) is 0 Å². The Bertz CT molecular complexity index is 512. The van der Waals surface area contributed by atoms with E-state index in [4.69, 9.17) is 4.74 Å². The Morgan fingerprint density at radius 1 is 1.17 bits per heavy atom. The Morgan fingerprint density at radius 3 is 2.50 bits per heavy atom. The zero-order valence-corrected chi connectivity index (χ0v) is 15.6. The summed E-state index contributed by atoms with van der Waals surface area (Å²) in [6.45, 7) is 8.17. The Labute approximate surface area is 145 Å². The number of aliphatic hydroxyl groups excluding tert-OH is 1. The summed E-state index contributed by atoms with van der Waals surface area (Å²) in [5, 5.41) is 32.1. The second-order valence-corrected chi connectivity index (χ2v) is 9.14. The van der Waals surface area contributed by atoms with Gasteiger partial charge in [-0.1, -0.05) is 25.5 Å². The number of fused-ring (bicyclic) bond motifs is 2. The maximum absolute atomic E-state index is 11.2. The Kier molecular flexibility index (Phi) is 4.66. The van der Waals surface area contributed by atoms with E-state index in [1.54, 1.807) is 0 Å². The van der Waals surface area contributed by atoms with Gasteiger partial charge >= 0.3 is 0 Å². The molecule has 24 heavy (non-hydrogen) atoms. The SMILES string of the molecule is CC(C)/C1=C\[C@@H]2[C@H](CCC2(C)O)[C@@](O)(CO)CC[C@@H]2O[C@@]2(C)CC1. The highest BCUT2D eigenvalue weighted by atomic mass is 16.6. The molecule has 1 heterocycles. The van der Waals surface area contributed by atoms with Crippen molar-refractivity contribution >= 4 is 0 Å². The minimum absolute atomic E-state index is 0.0910. The molecule has 0 radical (unpaired) electrons. The van der Waals surface area contributed by atoms with Gasteiger partial charge in [-0.15, -0.1) is 0 Å². The molecule has 0 aromatic heterocycles. The molecule has 1 unspecified atom stereocenters. The third kappa shape index (κ3) is 3.18. The predicted molar refractivity (Wildman–Crippen MR) is 93.5 cm³/mol. The molecule has 2 aliphatic carbocycles. The smallest absolute Gasteiger partial charge is 0.0923 e. The van der Waals surface area contributed by atoms with Crippen LogP contribution in [0.1, 0.15) is 66.2 Å². The van der Waals surface area contributed by atoms with Gasteiger partial charge in [0, 0.05) is 5.92 Å². The van der Waals surface area contributed by atoms with Crippen LogP contribution in [0.25, 0.3) is 0 Å². The lowest BCUT2D eigenvalue weighted by molar-refractivity contribution is -0.0907. The molecule has 0 spiro atoms. The van der Waals surface area contributed by atoms with Gasteiger partial charge in [0.15, 0.2) is 0 Å². The van der Waals surface area contributed by atoms with E-state index >= 15 is 0 Å². The van der Waals surface area contributed by atoms with Gasteiger partial charge in [0.1, 0.15) is 0 Å². The highest BCUT2D eigenvalue weighted by Crippen LogP contribution is 2.51. The fourth-order valence-electron chi connectivity index (χ4n) is 4.95. The van der Waals surface area contributed by atoms with E-state index in [2.05, 4.69) is 26.8 Å². The molecule has 3 N–H and O–H groups in total. The second kappa shape index (κ2) is 6.08. The highest BCUT2D eigenvalue weighted by molar-refractivity contribution is 5.18. The van der Waals surface area contributed by atoms with E-state index in [-0.39, 0.29) is 30.1 Å². The van der Waals surface area contributed by atoms with Gasteiger partial charge in [0.25, 0.3) is 0 Å². The number of aliphatic hydroxyl groups is 3. The van der Waals surface area contributed by atoms with Crippen molar-refractivity contribution in [1.29, 1.82) is 0 Å². The summed E-state index contributed by atoms with van der Waals surface area (Å²) in [5.41, 5.74) is -0.705. The minimum Gasteiger partial charge on any atom is -0.393 e. The van der Waals surface area contributed by atoms with Crippen molar-refractivity contribution < 1.29 is 20.1 Å². The molecule has 1 saturated heterocycles. The third-order valence-electron chi connectivity index (χ3n) is 7.00. The van der Waals surface area contributed by atoms with Crippen LogP contribution in [0.3, 0.4) is 0 Å². The molecule has 4 nitrogen and oxygen atoms in total. The van der Waals surface area contributed by atoms with Gasteiger partial charge < -0.3 is 20.1 Å². The number of hydrogen-bond acceptors (Lipinski definition) is 4. The topological polar surface area (TPSA) is 73.2 Å². The first-order chi connectivity index (χ1) is 11.1. The van der Waals surface area contributed by atoms with E-state index in [0.717, 1.165) is 25.7 Å². The first kappa shape index (κ1) is 18.4. The van der Waals surface area contributed by atoms with E-state index in [1.165, 1.54) is 5.57 Å². The summed E-state index contributed by atoms with van der Waals surface area (Å²) in [6.07, 6.45) is 7.09. The molecule has 1 aliphatic heterocycles. The van der Waals surface area contributed by atoms with E-state index in [1.807, 2.05) is 6.92 Å². The van der Waals surface area contributed by atoms with Crippen LogP contribution in [-0.2, 0) is 4.74 Å². The van der Waals surface area contributed by atoms with Gasteiger partial charge in [0.05, 0.1) is 29.5 Å². The summed E-state index contributed by atoms with van der Waals surface area (Å²) in [4.78, 5) is 0. The highest BCUT2D eigenvalue weighted by Gasteiger charge is 2.55.